The number of carbonyl (C=O) groups excluding carboxylic acids is 1. The maximum Gasteiger partial charge on any atom is 0.226 e. The predicted molar refractivity (Wildman–Crippen MR) is 81.8 cm³/mol. The third kappa shape index (κ3) is 5.09. The first-order chi connectivity index (χ1) is 9.29. The summed E-state index contributed by atoms with van der Waals surface area (Å²) in [5.74, 6) is -0.000653. The minimum atomic E-state index is -0.000653. The summed E-state index contributed by atoms with van der Waals surface area (Å²) in [5.41, 5.74) is 0.802. The zero-order valence-electron chi connectivity index (χ0n) is 11.3. The van der Waals surface area contributed by atoms with E-state index in [1.165, 1.54) is 0 Å². The molecule has 0 atom stereocenters. The number of nitrogens with one attached hydrogen (secondary N) is 2. The molecule has 2 N–H and O–H groups in total. The Balaban J connectivity index is 0.00000200. The summed E-state index contributed by atoms with van der Waals surface area (Å²) in [5, 5.41) is 7.99. The quantitative estimate of drug-likeness (QED) is 0.704. The van der Waals surface area contributed by atoms with Gasteiger partial charge in [0.05, 0.1) is 18.7 Å². The van der Waals surface area contributed by atoms with Gasteiger partial charge in [0, 0.05) is 44.5 Å². The fourth-order valence-corrected chi connectivity index (χ4v) is 2.40. The molecule has 0 spiro atoms. The summed E-state index contributed by atoms with van der Waals surface area (Å²) in [6, 6.07) is 0. The van der Waals surface area contributed by atoms with Crippen LogP contribution in [0, 0.1) is 0 Å². The third-order valence-electron chi connectivity index (χ3n) is 2.59. The first-order valence-corrected chi connectivity index (χ1v) is 7.05. The number of methoxy groups -OCH3 is 1. The summed E-state index contributed by atoms with van der Waals surface area (Å²) in [7, 11) is 1.67. The fourth-order valence-electron chi connectivity index (χ4n) is 1.68. The van der Waals surface area contributed by atoms with E-state index in [0.29, 0.717) is 19.6 Å². The minimum Gasteiger partial charge on any atom is -0.383 e. The average molecular weight is 319 g/mol. The Hall–Kier alpha value is -1.15. The molecule has 2 heterocycles. The molecule has 0 bridgehead atoms. The van der Waals surface area contributed by atoms with Gasteiger partial charge in [-0.15, -0.1) is 23.7 Å². The van der Waals surface area contributed by atoms with Crippen molar-refractivity contribution in [3.63, 3.8) is 0 Å². The van der Waals surface area contributed by atoms with Gasteiger partial charge in [-0.3, -0.25) is 9.20 Å². The van der Waals surface area contributed by atoms with E-state index in [9.17, 15) is 4.79 Å². The van der Waals surface area contributed by atoms with Crippen molar-refractivity contribution < 1.29 is 9.53 Å². The number of ether oxygens (including phenoxy) is 1. The molecule has 1 amide bonds. The molecule has 0 saturated heterocycles. The van der Waals surface area contributed by atoms with E-state index in [4.69, 9.17) is 4.74 Å². The van der Waals surface area contributed by atoms with Crippen molar-refractivity contribution in [3.05, 3.63) is 23.5 Å². The first kappa shape index (κ1) is 16.9. The zero-order chi connectivity index (χ0) is 13.5. The molecule has 0 fully saturated rings. The lowest BCUT2D eigenvalue weighted by atomic mass is 10.3. The second kappa shape index (κ2) is 8.91. The van der Waals surface area contributed by atoms with Crippen LogP contribution >= 0.6 is 23.7 Å². The number of halogens is 1. The summed E-state index contributed by atoms with van der Waals surface area (Å²) in [6.07, 6.45) is 4.16. The van der Waals surface area contributed by atoms with Gasteiger partial charge in [-0.1, -0.05) is 0 Å². The largest absolute Gasteiger partial charge is 0.383 e. The number of imidazole rings is 1. The number of hydrogen-bond acceptors (Lipinski definition) is 5. The van der Waals surface area contributed by atoms with Crippen LogP contribution in [-0.2, 0) is 16.0 Å². The topological polar surface area (TPSA) is 67.7 Å². The van der Waals surface area contributed by atoms with E-state index >= 15 is 0 Å². The molecule has 112 valence electrons. The second-order valence-electron chi connectivity index (χ2n) is 4.09. The van der Waals surface area contributed by atoms with Crippen molar-refractivity contribution in [2.24, 2.45) is 0 Å². The molecule has 2 aromatic rings. The number of hydrogen-bond donors (Lipinski definition) is 2. The molecule has 0 aliphatic carbocycles. The summed E-state index contributed by atoms with van der Waals surface area (Å²) >= 11 is 1.56. The van der Waals surface area contributed by atoms with Gasteiger partial charge in [0.25, 0.3) is 0 Å². The van der Waals surface area contributed by atoms with Gasteiger partial charge in [0.2, 0.25) is 5.91 Å². The van der Waals surface area contributed by atoms with Crippen LogP contribution in [0.4, 0.5) is 0 Å². The van der Waals surface area contributed by atoms with Crippen LogP contribution in [-0.4, -0.2) is 48.6 Å². The van der Waals surface area contributed by atoms with Crippen LogP contribution < -0.4 is 10.6 Å². The lowest BCUT2D eigenvalue weighted by Crippen LogP contribution is -2.33. The first-order valence-electron chi connectivity index (χ1n) is 6.17. The highest BCUT2D eigenvalue weighted by atomic mass is 35.5. The lowest BCUT2D eigenvalue weighted by molar-refractivity contribution is -0.120. The Morgan fingerprint density at radius 3 is 3.05 bits per heavy atom. The second-order valence-corrected chi connectivity index (χ2v) is 4.97. The predicted octanol–water partition coefficient (Wildman–Crippen LogP) is 0.712. The van der Waals surface area contributed by atoms with Crippen LogP contribution in [0.25, 0.3) is 4.96 Å². The Kier molecular flexibility index (Phi) is 7.53. The van der Waals surface area contributed by atoms with Gasteiger partial charge >= 0.3 is 0 Å². The molecule has 0 saturated carbocycles. The molecule has 0 unspecified atom stereocenters. The number of carbonyl (C=O) groups is 1. The fraction of sp³-hybridized carbons (Fsp3) is 0.500. The van der Waals surface area contributed by atoms with E-state index in [1.807, 2.05) is 22.2 Å². The van der Waals surface area contributed by atoms with Crippen molar-refractivity contribution >= 4 is 34.6 Å². The van der Waals surface area contributed by atoms with Gasteiger partial charge in [-0.2, -0.15) is 0 Å². The van der Waals surface area contributed by atoms with Gasteiger partial charge in [-0.25, -0.2) is 4.98 Å². The van der Waals surface area contributed by atoms with Crippen molar-refractivity contribution in [1.29, 1.82) is 0 Å². The van der Waals surface area contributed by atoms with E-state index < -0.39 is 0 Å². The van der Waals surface area contributed by atoms with Crippen molar-refractivity contribution in [3.8, 4) is 0 Å². The Bertz CT molecular complexity index is 500. The van der Waals surface area contributed by atoms with Gasteiger partial charge in [0.1, 0.15) is 0 Å². The summed E-state index contributed by atoms with van der Waals surface area (Å²) in [4.78, 5) is 17.0. The molecule has 0 aliphatic rings. The highest BCUT2D eigenvalue weighted by Gasteiger charge is 2.07. The van der Waals surface area contributed by atoms with Gasteiger partial charge < -0.3 is 15.4 Å². The van der Waals surface area contributed by atoms with Crippen molar-refractivity contribution in [2.75, 3.05) is 33.4 Å². The van der Waals surface area contributed by atoms with E-state index in [-0.39, 0.29) is 18.3 Å². The number of amides is 1. The zero-order valence-corrected chi connectivity index (χ0v) is 12.9. The molecule has 20 heavy (non-hydrogen) atoms. The summed E-state index contributed by atoms with van der Waals surface area (Å²) in [6.45, 7) is 2.83. The monoisotopic (exact) mass is 318 g/mol. The highest BCUT2D eigenvalue weighted by molar-refractivity contribution is 7.15. The van der Waals surface area contributed by atoms with Gasteiger partial charge in [-0.05, 0) is 0 Å². The van der Waals surface area contributed by atoms with Crippen molar-refractivity contribution in [2.45, 2.75) is 6.42 Å². The van der Waals surface area contributed by atoms with Crippen LogP contribution in [0.5, 0.6) is 0 Å². The molecule has 0 radical (unpaired) electrons. The average Bonchev–Trinajstić information content (AvgIpc) is 2.94. The molecule has 8 heteroatoms. The molecular formula is C12H19ClN4O2S. The van der Waals surface area contributed by atoms with Crippen LogP contribution in [0.15, 0.2) is 17.8 Å². The Morgan fingerprint density at radius 1 is 1.45 bits per heavy atom. The highest BCUT2D eigenvalue weighted by Crippen LogP contribution is 2.11. The minimum absolute atomic E-state index is 0. The molecular weight excluding hydrogens is 300 g/mol. The van der Waals surface area contributed by atoms with Crippen LogP contribution in [0.3, 0.4) is 0 Å². The number of aromatic nitrogens is 2. The Labute approximate surface area is 127 Å². The van der Waals surface area contributed by atoms with Gasteiger partial charge in [0.15, 0.2) is 4.96 Å². The number of fused-ring (bicyclic) bond motifs is 1. The summed E-state index contributed by atoms with van der Waals surface area (Å²) < 4.78 is 6.84. The third-order valence-corrected chi connectivity index (χ3v) is 3.36. The molecule has 6 nitrogen and oxygen atoms in total. The molecule has 2 rings (SSSR count). The van der Waals surface area contributed by atoms with Crippen LogP contribution in [0.1, 0.15) is 5.69 Å². The maximum atomic E-state index is 11.7. The SMILES string of the molecule is COCCNCCNC(=O)Cc1cn2ccsc2n1.Cl. The van der Waals surface area contributed by atoms with E-state index in [2.05, 4.69) is 15.6 Å². The van der Waals surface area contributed by atoms with E-state index in [1.54, 1.807) is 18.4 Å². The normalized spacial score (nSPS) is 10.4. The van der Waals surface area contributed by atoms with Crippen LogP contribution in [0.2, 0.25) is 0 Å². The smallest absolute Gasteiger partial charge is 0.226 e. The Morgan fingerprint density at radius 2 is 2.30 bits per heavy atom. The standard InChI is InChI=1S/C12H18N4O2S.ClH/c1-18-6-4-13-2-3-14-11(17)8-10-9-16-5-7-19-12(16)15-10;/h5,7,9,13H,2-4,6,8H2,1H3,(H,14,17);1H. The molecule has 0 aromatic carbocycles. The molecule has 2 aromatic heterocycles. The number of rotatable bonds is 8. The number of nitrogens with zero attached hydrogens (tertiary/aromatic N) is 2. The number of thiazole rings is 1. The maximum absolute atomic E-state index is 11.7. The van der Waals surface area contributed by atoms with E-state index in [0.717, 1.165) is 23.7 Å². The lowest BCUT2D eigenvalue weighted by Gasteiger charge is -2.05. The van der Waals surface area contributed by atoms with Crippen molar-refractivity contribution in [1.82, 2.24) is 20.0 Å². The molecule has 0 aliphatic heterocycles.